The summed E-state index contributed by atoms with van der Waals surface area (Å²) in [6.45, 7) is 0. The Morgan fingerprint density at radius 2 is 2.67 bits per heavy atom. The third-order valence-corrected chi connectivity index (χ3v) is 0.529. The molecule has 0 aromatic rings. The molecule has 0 bridgehead atoms. The monoisotopic (exact) mass is 77.0 g/mol. The van der Waals surface area contributed by atoms with Gasteiger partial charge in [-0.05, 0) is 24.3 Å². The topological polar surface area (TPSA) is 0 Å². The SMILES string of the molecule is [2H]C1=C=C=C=CC1. The Labute approximate surface area is 38.2 Å². The van der Waals surface area contributed by atoms with E-state index in [4.69, 9.17) is 1.37 Å². The summed E-state index contributed by atoms with van der Waals surface area (Å²) in [6, 6.07) is 0.485. The van der Waals surface area contributed by atoms with Crippen LogP contribution < -0.4 is 0 Å². The first-order chi connectivity index (χ1) is 3.39. The molecule has 1 aliphatic rings. The van der Waals surface area contributed by atoms with Gasteiger partial charge in [0.1, 0.15) is 0 Å². The van der Waals surface area contributed by atoms with Gasteiger partial charge >= 0.3 is 0 Å². The smallest absolute Gasteiger partial charge is 0.0655 e. The molecule has 0 unspecified atom stereocenters. The van der Waals surface area contributed by atoms with Gasteiger partial charge in [-0.2, -0.15) is 0 Å². The molecule has 0 spiro atoms. The Morgan fingerprint density at radius 1 is 1.67 bits per heavy atom. The van der Waals surface area contributed by atoms with Crippen molar-refractivity contribution in [3.05, 3.63) is 29.3 Å². The summed E-state index contributed by atoms with van der Waals surface area (Å²) >= 11 is 0. The van der Waals surface area contributed by atoms with Crippen LogP contribution in [-0.4, -0.2) is 0 Å². The van der Waals surface area contributed by atoms with Crippen LogP contribution in [0.25, 0.3) is 0 Å². The van der Waals surface area contributed by atoms with Crippen LogP contribution in [-0.2, 0) is 0 Å². The molecule has 1 rings (SSSR count). The lowest BCUT2D eigenvalue weighted by Gasteiger charge is -1.69. The third-order valence-electron chi connectivity index (χ3n) is 0.529. The first kappa shape index (κ1) is 2.29. The van der Waals surface area contributed by atoms with Crippen LogP contribution in [0.3, 0.4) is 0 Å². The molecule has 1 aliphatic carbocycles. The predicted molar refractivity (Wildman–Crippen MR) is 24.3 cm³/mol. The minimum Gasteiger partial charge on any atom is -0.0655 e. The predicted octanol–water partition coefficient (Wildman–Crippen LogP) is 1.41. The summed E-state index contributed by atoms with van der Waals surface area (Å²) in [5, 5.41) is 0. The van der Waals surface area contributed by atoms with Crippen molar-refractivity contribution in [2.75, 3.05) is 0 Å². The van der Waals surface area contributed by atoms with Crippen LogP contribution in [0.4, 0.5) is 0 Å². The first-order valence-corrected chi connectivity index (χ1v) is 1.80. The Hall–Kier alpha value is -0.920. The summed E-state index contributed by atoms with van der Waals surface area (Å²) in [6.07, 6.45) is 2.42. The van der Waals surface area contributed by atoms with Crippen molar-refractivity contribution in [3.8, 4) is 0 Å². The highest BCUT2D eigenvalue weighted by molar-refractivity contribution is 4.97. The average molecular weight is 77.1 g/mol. The fourth-order valence-electron chi connectivity index (χ4n) is 0.284. The molecule has 0 radical (unpaired) electrons. The summed E-state index contributed by atoms with van der Waals surface area (Å²) in [7, 11) is 0. The zero-order valence-electron chi connectivity index (χ0n) is 4.28. The van der Waals surface area contributed by atoms with Crippen molar-refractivity contribution in [1.29, 1.82) is 0 Å². The van der Waals surface area contributed by atoms with E-state index >= 15 is 0 Å². The summed E-state index contributed by atoms with van der Waals surface area (Å²) < 4.78 is 6.94. The molecule has 0 aromatic heterocycles. The van der Waals surface area contributed by atoms with Crippen LogP contribution >= 0.6 is 0 Å². The molecule has 0 heteroatoms. The molecule has 0 fully saturated rings. The van der Waals surface area contributed by atoms with E-state index in [1.807, 2.05) is 0 Å². The second-order valence-electron chi connectivity index (χ2n) is 0.979. The van der Waals surface area contributed by atoms with E-state index in [1.165, 1.54) is 0 Å². The standard InChI is InChI=1S/C6H4/c1-2-4-6-5-3-1/h1,4H,2H2/i1D. The molecule has 0 saturated carbocycles. The normalized spacial score (nSPS) is 17.3. The lowest BCUT2D eigenvalue weighted by Crippen LogP contribution is -1.51. The largest absolute Gasteiger partial charge is 0.0676 e. The maximum absolute atomic E-state index is 6.94. The van der Waals surface area contributed by atoms with Crippen molar-refractivity contribution < 1.29 is 1.37 Å². The van der Waals surface area contributed by atoms with Crippen LogP contribution in [0, 0.1) is 0 Å². The summed E-state index contributed by atoms with van der Waals surface area (Å²) in [5.41, 5.74) is 7.82. The first-order valence-electron chi connectivity index (χ1n) is 2.30. The van der Waals surface area contributed by atoms with E-state index in [0.717, 1.165) is 0 Å². The van der Waals surface area contributed by atoms with Crippen molar-refractivity contribution in [3.63, 3.8) is 0 Å². The van der Waals surface area contributed by atoms with Gasteiger partial charge in [-0.3, -0.25) is 0 Å². The highest BCUT2D eigenvalue weighted by atomic mass is 13.7. The van der Waals surface area contributed by atoms with Crippen molar-refractivity contribution in [2.24, 2.45) is 0 Å². The third kappa shape index (κ3) is 0.516. The van der Waals surface area contributed by atoms with Gasteiger partial charge in [0.25, 0.3) is 0 Å². The minimum atomic E-state index is 0.485. The van der Waals surface area contributed by atoms with Crippen LogP contribution in [0.1, 0.15) is 7.79 Å². The summed E-state index contributed by atoms with van der Waals surface area (Å²) in [5.74, 6) is 0. The van der Waals surface area contributed by atoms with Crippen molar-refractivity contribution >= 4 is 0 Å². The Bertz CT molecular complexity index is 194. The number of allylic oxidation sites excluding steroid dienone is 2. The van der Waals surface area contributed by atoms with Crippen LogP contribution in [0.5, 0.6) is 0 Å². The fraction of sp³-hybridized carbons (Fsp3) is 0.167. The van der Waals surface area contributed by atoms with Crippen molar-refractivity contribution in [2.45, 2.75) is 6.42 Å². The Kier molecular flexibility index (Phi) is 0.572. The molecule has 0 heterocycles. The molecule has 0 saturated heterocycles. The van der Waals surface area contributed by atoms with Gasteiger partial charge in [-0.15, -0.1) is 0 Å². The van der Waals surface area contributed by atoms with Gasteiger partial charge in [0.15, 0.2) is 0 Å². The van der Waals surface area contributed by atoms with E-state index in [9.17, 15) is 0 Å². The number of hydrogen-bond acceptors (Lipinski definition) is 0. The Balaban J connectivity index is 3.16. The van der Waals surface area contributed by atoms with E-state index in [1.54, 1.807) is 6.08 Å². The minimum absolute atomic E-state index is 0.485. The quantitative estimate of drug-likeness (QED) is 0.383. The highest BCUT2D eigenvalue weighted by Gasteiger charge is 1.64. The van der Waals surface area contributed by atoms with Gasteiger partial charge in [-0.25, -0.2) is 0 Å². The molecular weight excluding hydrogens is 72.1 g/mol. The van der Waals surface area contributed by atoms with Gasteiger partial charge in [0.05, 0.1) is 1.37 Å². The van der Waals surface area contributed by atoms with Crippen LogP contribution in [0.2, 0.25) is 0 Å². The van der Waals surface area contributed by atoms with Gasteiger partial charge < -0.3 is 0 Å². The Morgan fingerprint density at radius 3 is 3.00 bits per heavy atom. The highest BCUT2D eigenvalue weighted by Crippen LogP contribution is 1.82. The molecule has 0 aliphatic heterocycles. The molecule has 0 amide bonds. The molecule has 0 N–H and O–H groups in total. The maximum Gasteiger partial charge on any atom is 0.0676 e. The fourth-order valence-corrected chi connectivity index (χ4v) is 0.284. The lowest BCUT2D eigenvalue weighted by molar-refractivity contribution is 1.40. The zero-order valence-corrected chi connectivity index (χ0v) is 3.28. The van der Waals surface area contributed by atoms with Gasteiger partial charge in [0.2, 0.25) is 0 Å². The second kappa shape index (κ2) is 1.50. The number of hydrogen-bond donors (Lipinski definition) is 0. The average Bonchev–Trinajstić information content (AvgIpc) is 1.69. The second-order valence-corrected chi connectivity index (χ2v) is 0.979. The maximum atomic E-state index is 6.94. The molecule has 0 nitrogen and oxygen atoms in total. The molecule has 28 valence electrons. The van der Waals surface area contributed by atoms with Crippen LogP contribution in [0.15, 0.2) is 29.3 Å². The zero-order chi connectivity index (χ0) is 5.11. The van der Waals surface area contributed by atoms with E-state index in [2.05, 4.69) is 17.2 Å². The van der Waals surface area contributed by atoms with E-state index in [0.29, 0.717) is 12.5 Å². The van der Waals surface area contributed by atoms with Gasteiger partial charge in [-0.1, -0.05) is 11.5 Å². The molecular formula is C6H4. The molecule has 6 heavy (non-hydrogen) atoms. The number of rotatable bonds is 0. The molecule has 0 aromatic carbocycles. The van der Waals surface area contributed by atoms with E-state index in [-0.39, 0.29) is 0 Å². The lowest BCUT2D eigenvalue weighted by atomic mass is 10.3. The van der Waals surface area contributed by atoms with E-state index < -0.39 is 0 Å². The summed E-state index contributed by atoms with van der Waals surface area (Å²) in [4.78, 5) is 0. The van der Waals surface area contributed by atoms with Crippen molar-refractivity contribution in [1.82, 2.24) is 0 Å². The molecule has 0 atom stereocenters. The van der Waals surface area contributed by atoms with Gasteiger partial charge in [0, 0.05) is 0 Å².